The molecule has 4 aromatic rings. The molecule has 33 heavy (non-hydrogen) atoms. The van der Waals surface area contributed by atoms with Gasteiger partial charge in [-0.05, 0) is 31.2 Å². The Kier molecular flexibility index (Phi) is 6.46. The molecule has 0 atom stereocenters. The molecule has 6 nitrogen and oxygen atoms in total. The second-order valence-electron chi connectivity index (χ2n) is 7.40. The van der Waals surface area contributed by atoms with Crippen molar-refractivity contribution in [1.82, 2.24) is 10.3 Å². The van der Waals surface area contributed by atoms with E-state index in [1.165, 1.54) is 12.1 Å². The summed E-state index contributed by atoms with van der Waals surface area (Å²) in [6.07, 6.45) is 1.64. The number of oxazole rings is 1. The van der Waals surface area contributed by atoms with Crippen molar-refractivity contribution in [2.75, 3.05) is 18.4 Å². The normalized spacial score (nSPS) is 10.5. The number of nitriles is 1. The van der Waals surface area contributed by atoms with Crippen molar-refractivity contribution >= 4 is 11.6 Å². The van der Waals surface area contributed by atoms with Crippen LogP contribution in [0.15, 0.2) is 77.3 Å². The summed E-state index contributed by atoms with van der Waals surface area (Å²) >= 11 is 0. The highest BCUT2D eigenvalue weighted by atomic mass is 19.1. The molecule has 7 heteroatoms. The minimum atomic E-state index is -0.587. The van der Waals surface area contributed by atoms with Gasteiger partial charge in [-0.1, -0.05) is 48.0 Å². The molecule has 0 saturated heterocycles. The Labute approximate surface area is 190 Å². The van der Waals surface area contributed by atoms with E-state index in [1.807, 2.05) is 43.3 Å². The maximum Gasteiger partial charge on any atom is 0.252 e. The van der Waals surface area contributed by atoms with Gasteiger partial charge in [-0.15, -0.1) is 0 Å². The lowest BCUT2D eigenvalue weighted by Crippen LogP contribution is -2.29. The van der Waals surface area contributed by atoms with Crippen molar-refractivity contribution in [2.24, 2.45) is 0 Å². The molecular formula is C26H21FN4O2. The predicted molar refractivity (Wildman–Crippen MR) is 124 cm³/mol. The van der Waals surface area contributed by atoms with E-state index in [0.29, 0.717) is 35.0 Å². The fraction of sp³-hybridized carbons (Fsp3) is 0.115. The van der Waals surface area contributed by atoms with E-state index in [0.717, 1.165) is 11.1 Å². The number of nitrogens with zero attached hydrogens (tertiary/aromatic N) is 2. The highest BCUT2D eigenvalue weighted by Crippen LogP contribution is 2.28. The lowest BCUT2D eigenvalue weighted by atomic mass is 10.1. The van der Waals surface area contributed by atoms with Crippen LogP contribution in [0, 0.1) is 24.1 Å². The summed E-state index contributed by atoms with van der Waals surface area (Å²) in [5, 5.41) is 14.9. The van der Waals surface area contributed by atoms with Gasteiger partial charge in [-0.3, -0.25) is 4.79 Å². The van der Waals surface area contributed by atoms with Gasteiger partial charge in [-0.2, -0.15) is 5.26 Å². The van der Waals surface area contributed by atoms with Crippen LogP contribution in [-0.2, 0) is 0 Å². The van der Waals surface area contributed by atoms with E-state index in [-0.39, 0.29) is 18.0 Å². The Morgan fingerprint density at radius 2 is 1.85 bits per heavy atom. The second kappa shape index (κ2) is 9.79. The van der Waals surface area contributed by atoms with Crippen LogP contribution in [0.3, 0.4) is 0 Å². The monoisotopic (exact) mass is 440 g/mol. The molecule has 0 aliphatic carbocycles. The maximum absolute atomic E-state index is 13.7. The number of hydrogen-bond donors (Lipinski definition) is 2. The molecule has 0 saturated carbocycles. The first-order valence-electron chi connectivity index (χ1n) is 10.4. The summed E-state index contributed by atoms with van der Waals surface area (Å²) in [6, 6.07) is 21.2. The molecule has 0 radical (unpaired) electrons. The summed E-state index contributed by atoms with van der Waals surface area (Å²) in [5.41, 5.74) is 3.40. The summed E-state index contributed by atoms with van der Waals surface area (Å²) in [5.74, 6) is 0.0966. The van der Waals surface area contributed by atoms with Crippen molar-refractivity contribution in [3.05, 3.63) is 95.4 Å². The van der Waals surface area contributed by atoms with Crippen molar-refractivity contribution in [1.29, 1.82) is 5.26 Å². The quantitative estimate of drug-likeness (QED) is 0.387. The van der Waals surface area contributed by atoms with E-state index in [2.05, 4.69) is 15.6 Å². The number of benzene rings is 3. The average molecular weight is 440 g/mol. The molecule has 2 N–H and O–H groups in total. The van der Waals surface area contributed by atoms with Crippen molar-refractivity contribution < 1.29 is 13.6 Å². The van der Waals surface area contributed by atoms with Gasteiger partial charge in [0.15, 0.2) is 5.76 Å². The maximum atomic E-state index is 13.7. The SMILES string of the molecule is Cc1ccc(-c2cnc(-c3ccccc3C(=O)NCCNc3cccc(F)c3C#N)o2)cc1. The Morgan fingerprint density at radius 1 is 1.06 bits per heavy atom. The molecule has 0 spiro atoms. The average Bonchev–Trinajstić information content (AvgIpc) is 3.32. The van der Waals surface area contributed by atoms with Gasteiger partial charge in [0.05, 0.1) is 17.4 Å². The van der Waals surface area contributed by atoms with Gasteiger partial charge in [0.2, 0.25) is 5.89 Å². The number of aromatic nitrogens is 1. The van der Waals surface area contributed by atoms with Crippen molar-refractivity contribution in [2.45, 2.75) is 6.92 Å². The van der Waals surface area contributed by atoms with Crippen LogP contribution in [0.5, 0.6) is 0 Å². The number of carbonyl (C=O) groups excluding carboxylic acids is 1. The predicted octanol–water partition coefficient (Wildman–Crippen LogP) is 5.17. The van der Waals surface area contributed by atoms with Crippen LogP contribution in [0.1, 0.15) is 21.5 Å². The molecule has 164 valence electrons. The Hall–Kier alpha value is -4.44. The molecule has 3 aromatic carbocycles. The number of nitrogens with one attached hydrogen (secondary N) is 2. The summed E-state index contributed by atoms with van der Waals surface area (Å²) in [6.45, 7) is 2.61. The summed E-state index contributed by atoms with van der Waals surface area (Å²) in [7, 11) is 0. The number of rotatable bonds is 7. The third-order valence-corrected chi connectivity index (χ3v) is 5.10. The first kappa shape index (κ1) is 21.8. The first-order valence-corrected chi connectivity index (χ1v) is 10.4. The minimum Gasteiger partial charge on any atom is -0.436 e. The minimum absolute atomic E-state index is 0.0533. The lowest BCUT2D eigenvalue weighted by Gasteiger charge is -2.11. The van der Waals surface area contributed by atoms with Gasteiger partial charge < -0.3 is 15.1 Å². The topological polar surface area (TPSA) is 91.0 Å². The second-order valence-corrected chi connectivity index (χ2v) is 7.40. The highest BCUT2D eigenvalue weighted by molar-refractivity contribution is 6.00. The van der Waals surface area contributed by atoms with Crippen LogP contribution in [0.4, 0.5) is 10.1 Å². The smallest absolute Gasteiger partial charge is 0.252 e. The van der Waals surface area contributed by atoms with Crippen LogP contribution in [0.2, 0.25) is 0 Å². The van der Waals surface area contributed by atoms with Crippen LogP contribution in [-0.4, -0.2) is 24.0 Å². The Bertz CT molecular complexity index is 1320. The number of aryl methyl sites for hydroxylation is 1. The highest BCUT2D eigenvalue weighted by Gasteiger charge is 2.17. The molecular weight excluding hydrogens is 419 g/mol. The van der Waals surface area contributed by atoms with Crippen LogP contribution >= 0.6 is 0 Å². The molecule has 1 amide bonds. The number of carbonyl (C=O) groups is 1. The van der Waals surface area contributed by atoms with Crippen molar-refractivity contribution in [3.8, 4) is 28.8 Å². The molecule has 0 bridgehead atoms. The number of halogens is 1. The zero-order valence-corrected chi connectivity index (χ0v) is 17.9. The lowest BCUT2D eigenvalue weighted by molar-refractivity contribution is 0.0955. The Balaban J connectivity index is 1.43. The van der Waals surface area contributed by atoms with Crippen LogP contribution < -0.4 is 10.6 Å². The largest absolute Gasteiger partial charge is 0.436 e. The van der Waals surface area contributed by atoms with E-state index in [9.17, 15) is 9.18 Å². The zero-order chi connectivity index (χ0) is 23.2. The van der Waals surface area contributed by atoms with E-state index < -0.39 is 5.82 Å². The van der Waals surface area contributed by atoms with Gasteiger partial charge in [-0.25, -0.2) is 9.37 Å². The van der Waals surface area contributed by atoms with Gasteiger partial charge in [0.25, 0.3) is 5.91 Å². The third kappa shape index (κ3) is 4.91. The van der Waals surface area contributed by atoms with E-state index >= 15 is 0 Å². The molecule has 0 fully saturated rings. The number of hydrogen-bond acceptors (Lipinski definition) is 5. The third-order valence-electron chi connectivity index (χ3n) is 5.10. The standard InChI is InChI=1S/C26H21FN4O2/c1-17-9-11-18(12-10-17)24-16-31-26(33-24)20-6-3-2-5-19(20)25(32)30-14-13-29-23-8-4-7-22(27)21(23)15-28/h2-12,16,29H,13-14H2,1H3,(H,30,32). The fourth-order valence-electron chi connectivity index (χ4n) is 3.37. The van der Waals surface area contributed by atoms with Gasteiger partial charge >= 0.3 is 0 Å². The molecule has 1 heterocycles. The van der Waals surface area contributed by atoms with Gasteiger partial charge in [0, 0.05) is 24.2 Å². The molecule has 0 aliphatic heterocycles. The number of anilines is 1. The molecule has 1 aromatic heterocycles. The first-order chi connectivity index (χ1) is 16.1. The van der Waals surface area contributed by atoms with E-state index in [4.69, 9.17) is 9.68 Å². The van der Waals surface area contributed by atoms with Crippen molar-refractivity contribution in [3.63, 3.8) is 0 Å². The summed E-state index contributed by atoms with van der Waals surface area (Å²) in [4.78, 5) is 17.2. The fourth-order valence-corrected chi connectivity index (χ4v) is 3.37. The van der Waals surface area contributed by atoms with Crippen LogP contribution in [0.25, 0.3) is 22.8 Å². The van der Waals surface area contributed by atoms with Gasteiger partial charge in [0.1, 0.15) is 17.4 Å². The molecule has 0 aliphatic rings. The molecule has 0 unspecified atom stereocenters. The summed E-state index contributed by atoms with van der Waals surface area (Å²) < 4.78 is 19.6. The molecule has 4 rings (SSSR count). The Morgan fingerprint density at radius 3 is 2.64 bits per heavy atom. The van der Waals surface area contributed by atoms with E-state index in [1.54, 1.807) is 30.5 Å². The number of amides is 1. The zero-order valence-electron chi connectivity index (χ0n) is 17.9.